The van der Waals surface area contributed by atoms with Gasteiger partial charge in [0.2, 0.25) is 0 Å². The third kappa shape index (κ3) is 4.11. The maximum Gasteiger partial charge on any atom is 0.124 e. The molecule has 0 amide bonds. The van der Waals surface area contributed by atoms with Gasteiger partial charge in [0, 0.05) is 18.7 Å². The Morgan fingerprint density at radius 1 is 1.42 bits per heavy atom. The molecule has 1 atom stereocenters. The van der Waals surface area contributed by atoms with E-state index in [4.69, 9.17) is 14.2 Å². The van der Waals surface area contributed by atoms with E-state index in [9.17, 15) is 0 Å². The van der Waals surface area contributed by atoms with Gasteiger partial charge < -0.3 is 19.5 Å². The molecule has 1 aliphatic heterocycles. The molecule has 1 aliphatic rings. The van der Waals surface area contributed by atoms with Gasteiger partial charge >= 0.3 is 0 Å². The van der Waals surface area contributed by atoms with Gasteiger partial charge in [0.05, 0.1) is 13.2 Å². The Balaban J connectivity index is 1.99. The molecule has 106 valence electrons. The van der Waals surface area contributed by atoms with E-state index in [0.717, 1.165) is 49.6 Å². The molecule has 0 aliphatic carbocycles. The van der Waals surface area contributed by atoms with Crippen molar-refractivity contribution in [2.75, 3.05) is 26.9 Å². The number of ether oxygens (including phenoxy) is 3. The summed E-state index contributed by atoms with van der Waals surface area (Å²) < 4.78 is 16.7. The van der Waals surface area contributed by atoms with Crippen molar-refractivity contribution in [2.45, 2.75) is 32.4 Å². The second-order valence-corrected chi connectivity index (χ2v) is 4.70. The molecule has 19 heavy (non-hydrogen) atoms. The molecule has 1 unspecified atom stereocenters. The van der Waals surface area contributed by atoms with Crippen molar-refractivity contribution in [1.29, 1.82) is 0 Å². The SMILES string of the molecule is CCNCc1cc(OC)ccc1OCC1CCCO1. The number of benzene rings is 1. The van der Waals surface area contributed by atoms with Crippen LogP contribution >= 0.6 is 0 Å². The number of rotatable bonds is 7. The summed E-state index contributed by atoms with van der Waals surface area (Å²) in [5.41, 5.74) is 1.12. The van der Waals surface area contributed by atoms with Crippen LogP contribution in [-0.2, 0) is 11.3 Å². The van der Waals surface area contributed by atoms with Crippen LogP contribution in [0.25, 0.3) is 0 Å². The average molecular weight is 265 g/mol. The van der Waals surface area contributed by atoms with Gasteiger partial charge in [-0.1, -0.05) is 6.92 Å². The van der Waals surface area contributed by atoms with Crippen LogP contribution in [0, 0.1) is 0 Å². The smallest absolute Gasteiger partial charge is 0.124 e. The van der Waals surface area contributed by atoms with Crippen molar-refractivity contribution in [3.8, 4) is 11.5 Å². The molecule has 4 heteroatoms. The van der Waals surface area contributed by atoms with Gasteiger partial charge in [-0.15, -0.1) is 0 Å². The fourth-order valence-electron chi connectivity index (χ4n) is 2.18. The lowest BCUT2D eigenvalue weighted by atomic mass is 10.2. The summed E-state index contributed by atoms with van der Waals surface area (Å²) in [7, 11) is 1.68. The molecule has 0 bridgehead atoms. The largest absolute Gasteiger partial charge is 0.497 e. The predicted octanol–water partition coefficient (Wildman–Crippen LogP) is 2.36. The minimum Gasteiger partial charge on any atom is -0.497 e. The second-order valence-electron chi connectivity index (χ2n) is 4.70. The molecule has 4 nitrogen and oxygen atoms in total. The molecule has 1 fully saturated rings. The van der Waals surface area contributed by atoms with Crippen LogP contribution in [0.3, 0.4) is 0 Å². The second kappa shape index (κ2) is 7.36. The first kappa shape index (κ1) is 14.2. The zero-order valence-electron chi connectivity index (χ0n) is 11.8. The molecule has 1 aromatic carbocycles. The maximum absolute atomic E-state index is 5.90. The van der Waals surface area contributed by atoms with E-state index in [2.05, 4.69) is 12.2 Å². The summed E-state index contributed by atoms with van der Waals surface area (Å²) in [6.45, 7) is 5.30. The average Bonchev–Trinajstić information content (AvgIpc) is 2.96. The third-order valence-corrected chi connectivity index (χ3v) is 3.28. The van der Waals surface area contributed by atoms with Crippen LogP contribution in [0.4, 0.5) is 0 Å². The Kier molecular flexibility index (Phi) is 5.48. The van der Waals surface area contributed by atoms with Gasteiger partial charge in [-0.25, -0.2) is 0 Å². The van der Waals surface area contributed by atoms with Crippen molar-refractivity contribution in [3.63, 3.8) is 0 Å². The fraction of sp³-hybridized carbons (Fsp3) is 0.600. The molecule has 1 N–H and O–H groups in total. The van der Waals surface area contributed by atoms with E-state index in [1.165, 1.54) is 0 Å². The minimum atomic E-state index is 0.245. The fourth-order valence-corrected chi connectivity index (χ4v) is 2.18. The van der Waals surface area contributed by atoms with Crippen LogP contribution in [0.5, 0.6) is 11.5 Å². The standard InChI is InChI=1S/C15H23NO3/c1-3-16-10-12-9-13(17-2)6-7-15(12)19-11-14-5-4-8-18-14/h6-7,9,14,16H,3-5,8,10-11H2,1-2H3. The van der Waals surface area contributed by atoms with Crippen LogP contribution in [0.1, 0.15) is 25.3 Å². The van der Waals surface area contributed by atoms with Gasteiger partial charge in [-0.2, -0.15) is 0 Å². The van der Waals surface area contributed by atoms with Gasteiger partial charge in [-0.05, 0) is 37.6 Å². The minimum absolute atomic E-state index is 0.245. The first-order valence-electron chi connectivity index (χ1n) is 6.95. The predicted molar refractivity (Wildman–Crippen MR) is 74.8 cm³/mol. The van der Waals surface area contributed by atoms with Crippen molar-refractivity contribution in [1.82, 2.24) is 5.32 Å². The van der Waals surface area contributed by atoms with Crippen LogP contribution in [-0.4, -0.2) is 33.0 Å². The van der Waals surface area contributed by atoms with Gasteiger partial charge in [0.25, 0.3) is 0 Å². The normalized spacial score (nSPS) is 18.5. The van der Waals surface area contributed by atoms with Crippen molar-refractivity contribution in [2.24, 2.45) is 0 Å². The molecule has 1 aromatic rings. The molecule has 0 spiro atoms. The van der Waals surface area contributed by atoms with Crippen molar-refractivity contribution in [3.05, 3.63) is 23.8 Å². The first-order chi connectivity index (χ1) is 9.33. The highest BCUT2D eigenvalue weighted by Gasteiger charge is 2.16. The lowest BCUT2D eigenvalue weighted by molar-refractivity contribution is 0.0675. The van der Waals surface area contributed by atoms with Crippen molar-refractivity contribution < 1.29 is 14.2 Å². The van der Waals surface area contributed by atoms with E-state index in [0.29, 0.717) is 6.61 Å². The summed E-state index contributed by atoms with van der Waals surface area (Å²) in [5.74, 6) is 1.77. The number of hydrogen-bond acceptors (Lipinski definition) is 4. The molecule has 0 aromatic heterocycles. The molecular formula is C15H23NO3. The Morgan fingerprint density at radius 3 is 3.00 bits per heavy atom. The summed E-state index contributed by atoms with van der Waals surface area (Å²) >= 11 is 0. The van der Waals surface area contributed by atoms with Gasteiger partial charge in [0.1, 0.15) is 18.1 Å². The summed E-state index contributed by atoms with van der Waals surface area (Å²) in [4.78, 5) is 0. The number of nitrogens with one attached hydrogen (secondary N) is 1. The molecule has 1 heterocycles. The van der Waals surface area contributed by atoms with E-state index >= 15 is 0 Å². The Hall–Kier alpha value is -1.26. The quantitative estimate of drug-likeness (QED) is 0.821. The van der Waals surface area contributed by atoms with Crippen LogP contribution in [0.15, 0.2) is 18.2 Å². The van der Waals surface area contributed by atoms with Crippen LogP contribution < -0.4 is 14.8 Å². The maximum atomic E-state index is 5.90. The monoisotopic (exact) mass is 265 g/mol. The highest BCUT2D eigenvalue weighted by atomic mass is 16.5. The Labute approximate surface area is 115 Å². The topological polar surface area (TPSA) is 39.7 Å². The summed E-state index contributed by atoms with van der Waals surface area (Å²) in [6.07, 6.45) is 2.48. The van der Waals surface area contributed by atoms with Gasteiger partial charge in [0.15, 0.2) is 0 Å². The Morgan fingerprint density at radius 2 is 2.32 bits per heavy atom. The summed E-state index contributed by atoms with van der Waals surface area (Å²) in [5, 5.41) is 3.32. The third-order valence-electron chi connectivity index (χ3n) is 3.28. The zero-order chi connectivity index (χ0) is 13.5. The highest BCUT2D eigenvalue weighted by Crippen LogP contribution is 2.25. The van der Waals surface area contributed by atoms with Crippen molar-refractivity contribution >= 4 is 0 Å². The summed E-state index contributed by atoms with van der Waals surface area (Å²) in [6, 6.07) is 5.92. The highest BCUT2D eigenvalue weighted by molar-refractivity contribution is 5.40. The van der Waals surface area contributed by atoms with E-state index in [1.807, 2.05) is 18.2 Å². The Bertz CT molecular complexity index is 389. The lowest BCUT2D eigenvalue weighted by Crippen LogP contribution is -2.18. The zero-order valence-corrected chi connectivity index (χ0v) is 11.8. The number of hydrogen-bond donors (Lipinski definition) is 1. The van der Waals surface area contributed by atoms with E-state index < -0.39 is 0 Å². The molecule has 1 saturated heterocycles. The lowest BCUT2D eigenvalue weighted by Gasteiger charge is -2.15. The molecular weight excluding hydrogens is 242 g/mol. The first-order valence-corrected chi connectivity index (χ1v) is 6.95. The van der Waals surface area contributed by atoms with Gasteiger partial charge in [-0.3, -0.25) is 0 Å². The van der Waals surface area contributed by atoms with Crippen LogP contribution in [0.2, 0.25) is 0 Å². The number of methoxy groups -OCH3 is 1. The molecule has 0 saturated carbocycles. The molecule has 2 rings (SSSR count). The molecule has 0 radical (unpaired) electrons. The van der Waals surface area contributed by atoms with E-state index in [1.54, 1.807) is 7.11 Å². The van der Waals surface area contributed by atoms with E-state index in [-0.39, 0.29) is 6.10 Å².